The maximum Gasteiger partial charge on any atom is 0.134 e. The van der Waals surface area contributed by atoms with Crippen molar-refractivity contribution >= 4 is 0 Å². The highest BCUT2D eigenvalue weighted by Crippen LogP contribution is 2.27. The van der Waals surface area contributed by atoms with Gasteiger partial charge in [0.15, 0.2) is 0 Å². The number of benzene rings is 2. The van der Waals surface area contributed by atoms with Crippen LogP contribution in [0.25, 0.3) is 0 Å². The third-order valence-electron chi connectivity index (χ3n) is 2.87. The van der Waals surface area contributed by atoms with E-state index < -0.39 is 34.9 Å². The number of rotatable bonds is 2. The van der Waals surface area contributed by atoms with Crippen LogP contribution in [0.5, 0.6) is 0 Å². The predicted octanol–water partition coefficient (Wildman–Crippen LogP) is 3.60. The molecule has 0 radical (unpaired) electrons. The lowest BCUT2D eigenvalue weighted by Gasteiger charge is -2.16. The average molecular weight is 269 g/mol. The summed E-state index contributed by atoms with van der Waals surface area (Å²) < 4.78 is 53.8. The molecule has 2 N–H and O–H groups in total. The van der Waals surface area contributed by atoms with E-state index in [1.165, 1.54) is 13.0 Å². The van der Waals surface area contributed by atoms with Crippen LogP contribution in [0.15, 0.2) is 30.3 Å². The van der Waals surface area contributed by atoms with Crippen LogP contribution in [-0.4, -0.2) is 0 Å². The summed E-state index contributed by atoms with van der Waals surface area (Å²) in [5.41, 5.74) is 5.50. The van der Waals surface area contributed by atoms with Crippen LogP contribution in [0.3, 0.4) is 0 Å². The molecule has 19 heavy (non-hydrogen) atoms. The molecule has 0 aromatic heterocycles. The van der Waals surface area contributed by atoms with Gasteiger partial charge in [0.05, 0.1) is 6.04 Å². The van der Waals surface area contributed by atoms with Gasteiger partial charge in [0, 0.05) is 11.6 Å². The summed E-state index contributed by atoms with van der Waals surface area (Å²) in [5, 5.41) is 0. The Morgan fingerprint density at radius 1 is 0.947 bits per heavy atom. The average Bonchev–Trinajstić information content (AvgIpc) is 2.33. The van der Waals surface area contributed by atoms with Crippen molar-refractivity contribution in [1.82, 2.24) is 0 Å². The molecule has 2 aromatic carbocycles. The van der Waals surface area contributed by atoms with Crippen LogP contribution in [0, 0.1) is 30.2 Å². The van der Waals surface area contributed by atoms with Crippen molar-refractivity contribution in [3.05, 3.63) is 70.3 Å². The van der Waals surface area contributed by atoms with Crippen molar-refractivity contribution in [1.29, 1.82) is 0 Å². The third-order valence-corrected chi connectivity index (χ3v) is 2.87. The highest BCUT2D eigenvalue weighted by molar-refractivity contribution is 5.36. The van der Waals surface area contributed by atoms with E-state index in [1.54, 1.807) is 0 Å². The molecule has 0 saturated carbocycles. The molecule has 0 heterocycles. The van der Waals surface area contributed by atoms with E-state index in [1.807, 2.05) is 0 Å². The highest BCUT2D eigenvalue weighted by Gasteiger charge is 2.20. The number of aryl methyl sites for hydroxylation is 1. The second-order valence-electron chi connectivity index (χ2n) is 4.27. The van der Waals surface area contributed by atoms with Gasteiger partial charge in [0.25, 0.3) is 0 Å². The van der Waals surface area contributed by atoms with Crippen molar-refractivity contribution in [3.63, 3.8) is 0 Å². The second kappa shape index (κ2) is 5.01. The molecule has 1 nitrogen and oxygen atoms in total. The zero-order valence-electron chi connectivity index (χ0n) is 10.1. The van der Waals surface area contributed by atoms with E-state index in [-0.39, 0.29) is 11.1 Å². The summed E-state index contributed by atoms with van der Waals surface area (Å²) in [5.74, 6) is -3.35. The van der Waals surface area contributed by atoms with E-state index in [0.29, 0.717) is 6.07 Å². The fourth-order valence-electron chi connectivity index (χ4n) is 1.88. The summed E-state index contributed by atoms with van der Waals surface area (Å²) >= 11 is 0. The number of nitrogens with two attached hydrogens (primary N) is 1. The molecule has 1 atom stereocenters. The lowest BCUT2D eigenvalue weighted by molar-refractivity contribution is 0.533. The summed E-state index contributed by atoms with van der Waals surface area (Å²) in [4.78, 5) is 0. The molecule has 2 aromatic rings. The van der Waals surface area contributed by atoms with Gasteiger partial charge in [-0.05, 0) is 36.2 Å². The zero-order valence-corrected chi connectivity index (χ0v) is 10.1. The van der Waals surface area contributed by atoms with E-state index in [2.05, 4.69) is 0 Å². The Morgan fingerprint density at radius 2 is 1.53 bits per heavy atom. The van der Waals surface area contributed by atoms with E-state index in [9.17, 15) is 17.6 Å². The van der Waals surface area contributed by atoms with E-state index >= 15 is 0 Å². The molecule has 0 bridgehead atoms. The summed E-state index contributed by atoms with van der Waals surface area (Å²) in [6.07, 6.45) is 0. The Hall–Kier alpha value is -1.88. The minimum atomic E-state index is -1.27. The quantitative estimate of drug-likeness (QED) is 0.828. The Labute approximate surface area is 107 Å². The van der Waals surface area contributed by atoms with Gasteiger partial charge in [-0.25, -0.2) is 17.6 Å². The lowest BCUT2D eigenvalue weighted by Crippen LogP contribution is -2.17. The summed E-state index contributed by atoms with van der Waals surface area (Å²) in [6, 6.07) is 3.64. The minimum absolute atomic E-state index is 0.0269. The second-order valence-corrected chi connectivity index (χ2v) is 4.27. The third kappa shape index (κ3) is 2.61. The molecular weight excluding hydrogens is 258 g/mol. The van der Waals surface area contributed by atoms with Gasteiger partial charge in [-0.15, -0.1) is 0 Å². The van der Waals surface area contributed by atoms with Gasteiger partial charge in [0.1, 0.15) is 23.3 Å². The van der Waals surface area contributed by atoms with Crippen LogP contribution in [0.2, 0.25) is 0 Å². The first-order valence-electron chi connectivity index (χ1n) is 5.56. The first-order chi connectivity index (χ1) is 8.90. The molecule has 1 unspecified atom stereocenters. The molecule has 0 aliphatic heterocycles. The first kappa shape index (κ1) is 13.5. The van der Waals surface area contributed by atoms with Gasteiger partial charge in [-0.1, -0.05) is 6.07 Å². The van der Waals surface area contributed by atoms with Gasteiger partial charge in [-0.2, -0.15) is 0 Å². The van der Waals surface area contributed by atoms with Crippen LogP contribution in [-0.2, 0) is 0 Å². The Bertz CT molecular complexity index is 605. The fraction of sp³-hybridized carbons (Fsp3) is 0.143. The monoisotopic (exact) mass is 269 g/mol. The molecule has 0 amide bonds. The van der Waals surface area contributed by atoms with Crippen molar-refractivity contribution in [2.45, 2.75) is 13.0 Å². The number of hydrogen-bond acceptors (Lipinski definition) is 1. The predicted molar refractivity (Wildman–Crippen MR) is 63.5 cm³/mol. The lowest BCUT2D eigenvalue weighted by atomic mass is 9.96. The van der Waals surface area contributed by atoms with Crippen molar-refractivity contribution in [2.75, 3.05) is 0 Å². The molecule has 100 valence electrons. The molecule has 0 saturated heterocycles. The zero-order chi connectivity index (χ0) is 14.2. The standard InChI is InChI=1S/C14H11F4N/c1-7-2-3-11(17)12(13(7)18)14(19)8-4-9(15)6-10(16)5-8/h2-6,14H,19H2,1H3. The molecule has 5 heteroatoms. The summed E-state index contributed by atoms with van der Waals surface area (Å²) in [7, 11) is 0. The SMILES string of the molecule is Cc1ccc(F)c(C(N)c2cc(F)cc(F)c2)c1F. The Balaban J connectivity index is 2.55. The van der Waals surface area contributed by atoms with Crippen LogP contribution < -0.4 is 5.73 Å². The molecule has 0 aliphatic rings. The maximum atomic E-state index is 13.9. The highest BCUT2D eigenvalue weighted by atomic mass is 19.1. The van der Waals surface area contributed by atoms with Crippen LogP contribution in [0.4, 0.5) is 17.6 Å². The van der Waals surface area contributed by atoms with Crippen molar-refractivity contribution < 1.29 is 17.6 Å². The number of halogens is 4. The van der Waals surface area contributed by atoms with Gasteiger partial charge in [-0.3, -0.25) is 0 Å². The molecular formula is C14H11F4N. The van der Waals surface area contributed by atoms with Crippen molar-refractivity contribution in [2.24, 2.45) is 5.73 Å². The van der Waals surface area contributed by atoms with E-state index in [4.69, 9.17) is 5.73 Å². The largest absolute Gasteiger partial charge is 0.320 e. The van der Waals surface area contributed by atoms with Crippen LogP contribution >= 0.6 is 0 Å². The summed E-state index contributed by atoms with van der Waals surface area (Å²) in [6.45, 7) is 1.46. The fourth-order valence-corrected chi connectivity index (χ4v) is 1.88. The smallest absolute Gasteiger partial charge is 0.134 e. The van der Waals surface area contributed by atoms with Crippen molar-refractivity contribution in [3.8, 4) is 0 Å². The normalized spacial score (nSPS) is 12.5. The maximum absolute atomic E-state index is 13.9. The Kier molecular flexibility index (Phi) is 3.57. The molecule has 0 spiro atoms. The van der Waals surface area contributed by atoms with Gasteiger partial charge >= 0.3 is 0 Å². The number of hydrogen-bond donors (Lipinski definition) is 1. The Morgan fingerprint density at radius 3 is 2.11 bits per heavy atom. The van der Waals surface area contributed by atoms with Gasteiger partial charge in [0.2, 0.25) is 0 Å². The first-order valence-corrected chi connectivity index (χ1v) is 5.56. The van der Waals surface area contributed by atoms with Gasteiger partial charge < -0.3 is 5.73 Å². The molecule has 0 fully saturated rings. The minimum Gasteiger partial charge on any atom is -0.320 e. The van der Waals surface area contributed by atoms with Crippen LogP contribution in [0.1, 0.15) is 22.7 Å². The molecule has 2 rings (SSSR count). The topological polar surface area (TPSA) is 26.0 Å². The van der Waals surface area contributed by atoms with E-state index in [0.717, 1.165) is 18.2 Å². The molecule has 0 aliphatic carbocycles.